The molecule has 2 aliphatic rings. The number of hydrogen-bond acceptors (Lipinski definition) is 4. The molecule has 1 unspecified atom stereocenters. The smallest absolute Gasteiger partial charge is 0.328 e. The molecule has 4 rings (SSSR count). The van der Waals surface area contributed by atoms with Gasteiger partial charge in [-0.15, -0.1) is 0 Å². The average Bonchev–Trinajstić information content (AvgIpc) is 3.30. The van der Waals surface area contributed by atoms with E-state index in [-0.39, 0.29) is 30.0 Å². The average molecular weight is 412 g/mol. The van der Waals surface area contributed by atoms with Gasteiger partial charge in [0.25, 0.3) is 5.91 Å². The summed E-state index contributed by atoms with van der Waals surface area (Å²) in [5, 5.41) is 2.28. The predicted molar refractivity (Wildman–Crippen MR) is 89.2 cm³/mol. The van der Waals surface area contributed by atoms with Gasteiger partial charge in [0.1, 0.15) is 12.7 Å². The molecule has 0 saturated heterocycles. The zero-order chi connectivity index (χ0) is 21.0. The van der Waals surface area contributed by atoms with E-state index >= 15 is 0 Å². The summed E-state index contributed by atoms with van der Waals surface area (Å²) in [4.78, 5) is 33.1. The second kappa shape index (κ2) is 6.46. The molecule has 6 nitrogen and oxygen atoms in total. The summed E-state index contributed by atoms with van der Waals surface area (Å²) in [5.74, 6) is -2.26. The van der Waals surface area contributed by atoms with Gasteiger partial charge < -0.3 is 4.90 Å². The molecule has 1 spiro atoms. The largest absolute Gasteiger partial charge is 0.416 e. The standard InChI is InChI=1S/C18H13F5N4O2/c19-10-5-24-16(25-6-10)26-14(28)7-27-8-17(4-13(17)20)12-3-9(18(21,22)23)1-2-11(12)15(27)29/h1-3,5-6,13H,4,7-8H2,(H,24,25,26,28)/t13?,17-/m0/s1. The van der Waals surface area contributed by atoms with Gasteiger partial charge in [0.05, 0.1) is 18.0 Å². The molecular weight excluding hydrogens is 399 g/mol. The highest BCUT2D eigenvalue weighted by molar-refractivity contribution is 6.01. The van der Waals surface area contributed by atoms with Crippen LogP contribution in [0.1, 0.15) is 27.9 Å². The number of amides is 2. The summed E-state index contributed by atoms with van der Waals surface area (Å²) >= 11 is 0. The van der Waals surface area contributed by atoms with Crippen molar-refractivity contribution >= 4 is 17.8 Å². The second-order valence-electron chi connectivity index (χ2n) is 7.02. The molecule has 11 heteroatoms. The van der Waals surface area contributed by atoms with Gasteiger partial charge in [-0.05, 0) is 30.2 Å². The molecule has 1 saturated carbocycles. The minimum atomic E-state index is -4.62. The lowest BCUT2D eigenvalue weighted by atomic mass is 9.85. The maximum absolute atomic E-state index is 14.2. The van der Waals surface area contributed by atoms with Gasteiger partial charge in [-0.3, -0.25) is 14.9 Å². The molecule has 0 radical (unpaired) electrons. The van der Waals surface area contributed by atoms with Gasteiger partial charge in [-0.25, -0.2) is 18.7 Å². The number of halogens is 5. The Hall–Kier alpha value is -3.11. The third-order valence-electron chi connectivity index (χ3n) is 5.06. The normalized spacial score (nSPS) is 23.1. The van der Waals surface area contributed by atoms with E-state index in [1.165, 1.54) is 0 Å². The van der Waals surface area contributed by atoms with E-state index in [9.17, 15) is 31.5 Å². The first-order valence-corrected chi connectivity index (χ1v) is 8.53. The maximum atomic E-state index is 14.2. The monoisotopic (exact) mass is 412 g/mol. The number of carbonyl (C=O) groups excluding carboxylic acids is 2. The van der Waals surface area contributed by atoms with Gasteiger partial charge >= 0.3 is 6.18 Å². The van der Waals surface area contributed by atoms with Crippen molar-refractivity contribution < 1.29 is 31.5 Å². The molecule has 29 heavy (non-hydrogen) atoms. The van der Waals surface area contributed by atoms with Gasteiger partial charge in [-0.2, -0.15) is 13.2 Å². The summed E-state index contributed by atoms with van der Waals surface area (Å²) in [7, 11) is 0. The maximum Gasteiger partial charge on any atom is 0.416 e. The molecule has 2 heterocycles. The lowest BCUT2D eigenvalue weighted by molar-refractivity contribution is -0.137. The molecule has 1 aromatic heterocycles. The fraction of sp³-hybridized carbons (Fsp3) is 0.333. The Morgan fingerprint density at radius 1 is 1.28 bits per heavy atom. The van der Waals surface area contributed by atoms with E-state index in [2.05, 4.69) is 15.3 Å². The van der Waals surface area contributed by atoms with Crippen LogP contribution in [0.3, 0.4) is 0 Å². The van der Waals surface area contributed by atoms with Crippen LogP contribution in [0.5, 0.6) is 0 Å². The Morgan fingerprint density at radius 3 is 2.52 bits per heavy atom. The van der Waals surface area contributed by atoms with Crippen molar-refractivity contribution in [2.75, 3.05) is 18.4 Å². The number of rotatable bonds is 3. The van der Waals surface area contributed by atoms with Crippen molar-refractivity contribution in [3.05, 3.63) is 53.1 Å². The van der Waals surface area contributed by atoms with Crippen molar-refractivity contribution in [1.29, 1.82) is 0 Å². The highest BCUT2D eigenvalue weighted by Crippen LogP contribution is 2.55. The number of anilines is 1. The van der Waals surface area contributed by atoms with E-state index in [4.69, 9.17) is 0 Å². The molecule has 1 fully saturated rings. The van der Waals surface area contributed by atoms with Crippen LogP contribution < -0.4 is 5.32 Å². The van der Waals surface area contributed by atoms with Crippen LogP contribution in [0.2, 0.25) is 0 Å². The summed E-state index contributed by atoms with van der Waals surface area (Å²) < 4.78 is 66.1. The summed E-state index contributed by atoms with van der Waals surface area (Å²) in [6, 6.07) is 2.59. The Labute approximate surface area is 160 Å². The Bertz CT molecular complexity index is 995. The molecule has 1 aliphatic carbocycles. The van der Waals surface area contributed by atoms with Gasteiger partial charge in [0.15, 0.2) is 5.82 Å². The first kappa shape index (κ1) is 19.2. The minimum Gasteiger partial charge on any atom is -0.328 e. The predicted octanol–water partition coefficient (Wildman–Crippen LogP) is 2.71. The summed E-state index contributed by atoms with van der Waals surface area (Å²) in [6.45, 7) is -0.701. The van der Waals surface area contributed by atoms with Crippen molar-refractivity contribution in [2.24, 2.45) is 0 Å². The lowest BCUT2D eigenvalue weighted by Gasteiger charge is -2.34. The third kappa shape index (κ3) is 3.40. The van der Waals surface area contributed by atoms with E-state index in [0.717, 1.165) is 35.5 Å². The molecule has 1 N–H and O–H groups in total. The van der Waals surface area contributed by atoms with Crippen LogP contribution in [0.25, 0.3) is 0 Å². The SMILES string of the molecule is O=C(CN1C[C@@]2(CC2F)c2cc(C(F)(F)F)ccc2C1=O)Nc1ncc(F)cn1. The van der Waals surface area contributed by atoms with Gasteiger partial charge in [-0.1, -0.05) is 0 Å². The Morgan fingerprint density at radius 2 is 1.93 bits per heavy atom. The topological polar surface area (TPSA) is 75.2 Å². The fourth-order valence-corrected chi connectivity index (χ4v) is 3.53. The third-order valence-corrected chi connectivity index (χ3v) is 5.06. The summed E-state index contributed by atoms with van der Waals surface area (Å²) in [6.07, 6.45) is -4.38. The molecule has 2 atom stereocenters. The Balaban J connectivity index is 1.58. The molecule has 2 amide bonds. The van der Waals surface area contributed by atoms with Crippen LogP contribution in [0.15, 0.2) is 30.6 Å². The fourth-order valence-electron chi connectivity index (χ4n) is 3.53. The number of nitrogens with zero attached hydrogens (tertiary/aromatic N) is 3. The van der Waals surface area contributed by atoms with Crippen LogP contribution in [0, 0.1) is 5.82 Å². The first-order valence-electron chi connectivity index (χ1n) is 8.53. The number of nitrogens with one attached hydrogen (secondary N) is 1. The van der Waals surface area contributed by atoms with Gasteiger partial charge in [0, 0.05) is 17.5 Å². The molecule has 2 aromatic rings. The van der Waals surface area contributed by atoms with Crippen molar-refractivity contribution in [3.8, 4) is 0 Å². The zero-order valence-electron chi connectivity index (χ0n) is 14.6. The zero-order valence-corrected chi connectivity index (χ0v) is 14.6. The van der Waals surface area contributed by atoms with E-state index < -0.39 is 47.5 Å². The van der Waals surface area contributed by atoms with Crippen molar-refractivity contribution in [1.82, 2.24) is 14.9 Å². The van der Waals surface area contributed by atoms with E-state index in [1.807, 2.05) is 0 Å². The van der Waals surface area contributed by atoms with E-state index in [0.29, 0.717) is 0 Å². The van der Waals surface area contributed by atoms with Crippen molar-refractivity contribution in [3.63, 3.8) is 0 Å². The number of benzene rings is 1. The number of hydrogen-bond donors (Lipinski definition) is 1. The lowest BCUT2D eigenvalue weighted by Crippen LogP contribution is -2.47. The van der Waals surface area contributed by atoms with Crippen LogP contribution in [-0.2, 0) is 16.4 Å². The molecular formula is C18H13F5N4O2. The highest BCUT2D eigenvalue weighted by atomic mass is 19.4. The molecule has 152 valence electrons. The van der Waals surface area contributed by atoms with Crippen LogP contribution in [-0.4, -0.2) is 45.9 Å². The number of aromatic nitrogens is 2. The molecule has 1 aromatic carbocycles. The first-order chi connectivity index (χ1) is 13.6. The quantitative estimate of drug-likeness (QED) is 0.787. The Kier molecular flexibility index (Phi) is 4.28. The van der Waals surface area contributed by atoms with Crippen molar-refractivity contribution in [2.45, 2.75) is 24.2 Å². The highest BCUT2D eigenvalue weighted by Gasteiger charge is 2.61. The van der Waals surface area contributed by atoms with Crippen LogP contribution >= 0.6 is 0 Å². The number of carbonyl (C=O) groups is 2. The molecule has 0 bridgehead atoms. The minimum absolute atomic E-state index is 0.0170. The van der Waals surface area contributed by atoms with E-state index in [1.54, 1.807) is 0 Å². The molecule has 1 aliphatic heterocycles. The summed E-state index contributed by atoms with van der Waals surface area (Å²) in [5.41, 5.74) is -2.25. The second-order valence-corrected chi connectivity index (χ2v) is 7.02. The van der Waals surface area contributed by atoms with Gasteiger partial charge in [0.2, 0.25) is 11.9 Å². The number of fused-ring (bicyclic) bond motifs is 2. The number of alkyl halides is 4. The van der Waals surface area contributed by atoms with Crippen LogP contribution in [0.4, 0.5) is 27.9 Å².